The molecular weight excluding hydrogens is 464 g/mol. The molecular formula is C15H8BrClIN3. The van der Waals surface area contributed by atoms with E-state index in [2.05, 4.69) is 49.6 Å². The zero-order valence-corrected chi connectivity index (χ0v) is 15.1. The Kier molecular flexibility index (Phi) is 4.20. The molecule has 0 spiro atoms. The second kappa shape index (κ2) is 5.95. The van der Waals surface area contributed by atoms with Crippen molar-refractivity contribution in [3.05, 3.63) is 55.8 Å². The lowest BCUT2D eigenvalue weighted by atomic mass is 10.2. The Morgan fingerprint density at radius 2 is 2.10 bits per heavy atom. The standard InChI is InChI=1S/C15H8BrClIN3/c16-10-1-3-13(9(5-10)8-19)21-14-4-2-11(18)6-12(14)20-15(21)7-17/h1-6H,7H2. The minimum Gasteiger partial charge on any atom is -0.294 e. The van der Waals surface area contributed by atoms with Gasteiger partial charge in [-0.05, 0) is 59.0 Å². The summed E-state index contributed by atoms with van der Waals surface area (Å²) in [4.78, 5) is 4.57. The molecule has 0 saturated carbocycles. The molecule has 0 fully saturated rings. The highest BCUT2D eigenvalue weighted by molar-refractivity contribution is 14.1. The highest BCUT2D eigenvalue weighted by Crippen LogP contribution is 2.27. The first kappa shape index (κ1) is 14.8. The molecule has 0 aliphatic carbocycles. The SMILES string of the molecule is N#Cc1cc(Br)ccc1-n1c(CCl)nc2cc(I)ccc21. The molecule has 0 amide bonds. The number of fused-ring (bicyclic) bond motifs is 1. The van der Waals surface area contributed by atoms with Gasteiger partial charge in [-0.1, -0.05) is 15.9 Å². The van der Waals surface area contributed by atoms with Crippen LogP contribution < -0.4 is 0 Å². The van der Waals surface area contributed by atoms with Crippen molar-refractivity contribution in [2.75, 3.05) is 0 Å². The van der Waals surface area contributed by atoms with E-state index in [0.29, 0.717) is 5.56 Å². The summed E-state index contributed by atoms with van der Waals surface area (Å²) >= 11 is 11.7. The molecule has 3 rings (SSSR count). The molecule has 6 heteroatoms. The molecule has 0 saturated heterocycles. The van der Waals surface area contributed by atoms with Gasteiger partial charge < -0.3 is 0 Å². The Bertz CT molecular complexity index is 882. The number of halogens is 3. The van der Waals surface area contributed by atoms with Crippen LogP contribution in [0, 0.1) is 14.9 Å². The maximum atomic E-state index is 9.38. The molecule has 0 unspecified atom stereocenters. The third kappa shape index (κ3) is 2.68. The van der Waals surface area contributed by atoms with Gasteiger partial charge in [-0.25, -0.2) is 4.98 Å². The van der Waals surface area contributed by atoms with Gasteiger partial charge in [0, 0.05) is 8.04 Å². The Morgan fingerprint density at radius 3 is 2.81 bits per heavy atom. The smallest absolute Gasteiger partial charge is 0.129 e. The second-order valence-electron chi connectivity index (χ2n) is 4.40. The molecule has 0 radical (unpaired) electrons. The molecule has 1 aromatic heterocycles. The van der Waals surface area contributed by atoms with E-state index in [9.17, 15) is 5.26 Å². The maximum Gasteiger partial charge on any atom is 0.129 e. The molecule has 0 aliphatic rings. The van der Waals surface area contributed by atoms with E-state index >= 15 is 0 Å². The number of nitrogens with zero attached hydrogens (tertiary/aromatic N) is 3. The minimum absolute atomic E-state index is 0.284. The number of aromatic nitrogens is 2. The fraction of sp³-hybridized carbons (Fsp3) is 0.0667. The van der Waals surface area contributed by atoms with Crippen LogP contribution in [0.5, 0.6) is 0 Å². The molecule has 0 aliphatic heterocycles. The monoisotopic (exact) mass is 471 g/mol. The lowest BCUT2D eigenvalue weighted by molar-refractivity contribution is 0.978. The molecule has 104 valence electrons. The van der Waals surface area contributed by atoms with Crippen molar-refractivity contribution < 1.29 is 0 Å². The molecule has 3 aromatic rings. The Hall–Kier alpha value is -1.10. The summed E-state index contributed by atoms with van der Waals surface area (Å²) in [6.07, 6.45) is 0. The summed E-state index contributed by atoms with van der Waals surface area (Å²) in [6, 6.07) is 13.9. The van der Waals surface area contributed by atoms with E-state index in [0.717, 1.165) is 30.6 Å². The Morgan fingerprint density at radius 1 is 1.29 bits per heavy atom. The Labute approximate surface area is 148 Å². The number of benzene rings is 2. The molecule has 21 heavy (non-hydrogen) atoms. The van der Waals surface area contributed by atoms with Crippen LogP contribution >= 0.6 is 50.1 Å². The fourth-order valence-electron chi connectivity index (χ4n) is 2.25. The van der Waals surface area contributed by atoms with Crippen LogP contribution in [0.25, 0.3) is 16.7 Å². The number of hydrogen-bond donors (Lipinski definition) is 0. The highest BCUT2D eigenvalue weighted by Gasteiger charge is 2.15. The van der Waals surface area contributed by atoms with Crippen LogP contribution in [-0.2, 0) is 5.88 Å². The topological polar surface area (TPSA) is 41.6 Å². The first-order valence-corrected chi connectivity index (χ1v) is 8.47. The largest absolute Gasteiger partial charge is 0.294 e. The van der Waals surface area contributed by atoms with Crippen molar-refractivity contribution in [3.8, 4) is 11.8 Å². The van der Waals surface area contributed by atoms with E-state index in [1.165, 1.54) is 0 Å². The van der Waals surface area contributed by atoms with Gasteiger partial charge in [-0.3, -0.25) is 4.57 Å². The molecule has 0 atom stereocenters. The summed E-state index contributed by atoms with van der Waals surface area (Å²) in [5.74, 6) is 1.01. The molecule has 3 nitrogen and oxygen atoms in total. The van der Waals surface area contributed by atoms with Gasteiger partial charge in [0.05, 0.1) is 28.2 Å². The minimum atomic E-state index is 0.284. The van der Waals surface area contributed by atoms with Crippen molar-refractivity contribution >= 4 is 61.2 Å². The first-order chi connectivity index (χ1) is 10.1. The van der Waals surface area contributed by atoms with Crippen LogP contribution in [0.15, 0.2) is 40.9 Å². The van der Waals surface area contributed by atoms with Crippen LogP contribution in [0.4, 0.5) is 0 Å². The quantitative estimate of drug-likeness (QED) is 0.389. The number of nitriles is 1. The molecule has 0 N–H and O–H groups in total. The highest BCUT2D eigenvalue weighted by atomic mass is 127. The molecule has 2 aromatic carbocycles. The van der Waals surface area contributed by atoms with Crippen LogP contribution in [0.3, 0.4) is 0 Å². The van der Waals surface area contributed by atoms with E-state index in [1.54, 1.807) is 6.07 Å². The molecule has 1 heterocycles. The first-order valence-electron chi connectivity index (χ1n) is 6.07. The number of alkyl halides is 1. The summed E-state index contributed by atoms with van der Waals surface area (Å²) in [5.41, 5.74) is 3.20. The lowest BCUT2D eigenvalue weighted by Gasteiger charge is -2.10. The predicted octanol–water partition coefficient (Wildman–Crippen LogP) is 5.00. The summed E-state index contributed by atoms with van der Waals surface area (Å²) in [5, 5.41) is 9.38. The van der Waals surface area contributed by atoms with Gasteiger partial charge in [0.25, 0.3) is 0 Å². The summed E-state index contributed by atoms with van der Waals surface area (Å²) < 4.78 is 3.93. The van der Waals surface area contributed by atoms with E-state index in [1.807, 2.05) is 34.9 Å². The average Bonchev–Trinajstić information content (AvgIpc) is 2.84. The third-order valence-electron chi connectivity index (χ3n) is 3.13. The van der Waals surface area contributed by atoms with Crippen molar-refractivity contribution in [1.82, 2.24) is 9.55 Å². The zero-order valence-electron chi connectivity index (χ0n) is 10.6. The van der Waals surface area contributed by atoms with Gasteiger partial charge in [0.2, 0.25) is 0 Å². The number of rotatable bonds is 2. The number of hydrogen-bond acceptors (Lipinski definition) is 2. The van der Waals surface area contributed by atoms with E-state index in [4.69, 9.17) is 11.6 Å². The van der Waals surface area contributed by atoms with Crippen LogP contribution in [0.2, 0.25) is 0 Å². The lowest BCUT2D eigenvalue weighted by Crippen LogP contribution is -2.02. The van der Waals surface area contributed by atoms with Crippen molar-refractivity contribution in [1.29, 1.82) is 5.26 Å². The number of imidazole rings is 1. The second-order valence-corrected chi connectivity index (χ2v) is 6.83. The van der Waals surface area contributed by atoms with E-state index < -0.39 is 0 Å². The third-order valence-corrected chi connectivity index (χ3v) is 4.53. The van der Waals surface area contributed by atoms with Gasteiger partial charge in [-0.15, -0.1) is 11.6 Å². The van der Waals surface area contributed by atoms with Crippen molar-refractivity contribution in [2.24, 2.45) is 0 Å². The summed E-state index contributed by atoms with van der Waals surface area (Å²) in [7, 11) is 0. The zero-order chi connectivity index (χ0) is 15.0. The van der Waals surface area contributed by atoms with Crippen LogP contribution in [0.1, 0.15) is 11.4 Å². The van der Waals surface area contributed by atoms with Gasteiger partial charge in [0.15, 0.2) is 0 Å². The molecule has 0 bridgehead atoms. The maximum absolute atomic E-state index is 9.38. The average molecular weight is 473 g/mol. The van der Waals surface area contributed by atoms with Gasteiger partial charge >= 0.3 is 0 Å². The predicted molar refractivity (Wildman–Crippen MR) is 95.8 cm³/mol. The fourth-order valence-corrected chi connectivity index (χ4v) is 3.27. The summed E-state index contributed by atoms with van der Waals surface area (Å²) in [6.45, 7) is 0. The van der Waals surface area contributed by atoms with Crippen molar-refractivity contribution in [3.63, 3.8) is 0 Å². The van der Waals surface area contributed by atoms with E-state index in [-0.39, 0.29) is 5.88 Å². The van der Waals surface area contributed by atoms with Crippen LogP contribution in [-0.4, -0.2) is 9.55 Å². The van der Waals surface area contributed by atoms with Gasteiger partial charge in [0.1, 0.15) is 11.9 Å². The van der Waals surface area contributed by atoms with Gasteiger partial charge in [-0.2, -0.15) is 5.26 Å². The normalized spacial score (nSPS) is 10.8. The van der Waals surface area contributed by atoms with Crippen molar-refractivity contribution in [2.45, 2.75) is 5.88 Å². The Balaban J connectivity index is 2.37.